The molecule has 1 amide bonds. The fourth-order valence-corrected chi connectivity index (χ4v) is 2.50. The van der Waals surface area contributed by atoms with Crippen LogP contribution in [0, 0.1) is 5.92 Å². The average molecular weight is 295 g/mol. The highest BCUT2D eigenvalue weighted by molar-refractivity contribution is 5.79. The van der Waals surface area contributed by atoms with Gasteiger partial charge in [-0.15, -0.1) is 6.58 Å². The van der Waals surface area contributed by atoms with Crippen molar-refractivity contribution in [1.82, 2.24) is 15.5 Å². The van der Waals surface area contributed by atoms with Crippen LogP contribution in [-0.2, 0) is 4.79 Å². The van der Waals surface area contributed by atoms with E-state index in [9.17, 15) is 4.79 Å². The van der Waals surface area contributed by atoms with Gasteiger partial charge in [-0.1, -0.05) is 6.08 Å². The van der Waals surface area contributed by atoms with Crippen molar-refractivity contribution in [2.45, 2.75) is 25.7 Å². The Labute approximate surface area is 127 Å². The van der Waals surface area contributed by atoms with E-state index in [-0.39, 0.29) is 11.8 Å². The molecule has 120 valence electrons. The third-order valence-corrected chi connectivity index (χ3v) is 3.82. The van der Waals surface area contributed by atoms with Crippen LogP contribution in [0.3, 0.4) is 0 Å². The van der Waals surface area contributed by atoms with Gasteiger partial charge in [0.15, 0.2) is 5.96 Å². The molecule has 1 heterocycles. The molecule has 0 aromatic rings. The molecule has 0 bridgehead atoms. The maximum absolute atomic E-state index is 11.1. The van der Waals surface area contributed by atoms with E-state index in [1.165, 1.54) is 0 Å². The molecule has 1 fully saturated rings. The lowest BCUT2D eigenvalue weighted by Gasteiger charge is -2.30. The number of aliphatic imine (C=N–C) groups is 1. The second kappa shape index (κ2) is 10.2. The molecule has 1 saturated heterocycles. The van der Waals surface area contributed by atoms with Crippen LogP contribution in [-0.4, -0.2) is 56.5 Å². The number of likely N-dealkylation sites (tertiary alicyclic amines) is 1. The van der Waals surface area contributed by atoms with Crippen LogP contribution >= 0.6 is 0 Å². The third kappa shape index (κ3) is 7.13. The Morgan fingerprint density at radius 3 is 2.67 bits per heavy atom. The largest absolute Gasteiger partial charge is 0.369 e. The summed E-state index contributed by atoms with van der Waals surface area (Å²) < 4.78 is 0. The summed E-state index contributed by atoms with van der Waals surface area (Å²) in [5.41, 5.74) is 5.34. The molecular weight excluding hydrogens is 266 g/mol. The van der Waals surface area contributed by atoms with E-state index in [0.29, 0.717) is 6.54 Å². The number of piperidine rings is 1. The Bertz CT molecular complexity index is 348. The summed E-state index contributed by atoms with van der Waals surface area (Å²) in [5, 5.41) is 6.42. The number of carbonyl (C=O) groups excluding carboxylic acids is 1. The molecule has 0 atom stereocenters. The van der Waals surface area contributed by atoms with E-state index in [4.69, 9.17) is 5.73 Å². The topological polar surface area (TPSA) is 82.8 Å². The number of guanidine groups is 1. The van der Waals surface area contributed by atoms with Crippen molar-refractivity contribution in [3.05, 3.63) is 12.7 Å². The number of nitrogens with one attached hydrogen (secondary N) is 2. The van der Waals surface area contributed by atoms with Gasteiger partial charge in [0.05, 0.1) is 0 Å². The lowest BCUT2D eigenvalue weighted by atomic mass is 9.96. The number of rotatable bonds is 8. The number of primary amides is 1. The second-order valence-corrected chi connectivity index (χ2v) is 5.39. The van der Waals surface area contributed by atoms with Gasteiger partial charge in [0, 0.05) is 26.1 Å². The zero-order valence-corrected chi connectivity index (χ0v) is 13.1. The fourth-order valence-electron chi connectivity index (χ4n) is 2.50. The first-order valence-corrected chi connectivity index (χ1v) is 7.74. The highest BCUT2D eigenvalue weighted by Crippen LogP contribution is 2.16. The summed E-state index contributed by atoms with van der Waals surface area (Å²) in [6.45, 7) is 8.36. The van der Waals surface area contributed by atoms with Gasteiger partial charge >= 0.3 is 0 Å². The van der Waals surface area contributed by atoms with Crippen molar-refractivity contribution in [2.24, 2.45) is 16.6 Å². The van der Waals surface area contributed by atoms with Crippen molar-refractivity contribution in [1.29, 1.82) is 0 Å². The lowest BCUT2D eigenvalue weighted by molar-refractivity contribution is -0.123. The maximum Gasteiger partial charge on any atom is 0.220 e. The van der Waals surface area contributed by atoms with Crippen LogP contribution in [0.15, 0.2) is 17.6 Å². The first kappa shape index (κ1) is 17.5. The predicted octanol–water partition coefficient (Wildman–Crippen LogP) is 0.315. The summed E-state index contributed by atoms with van der Waals surface area (Å²) in [6, 6.07) is 0. The average Bonchev–Trinajstić information content (AvgIpc) is 2.50. The SMILES string of the molecule is C=CCNC(=NC)NCCCCN1CCC(C(N)=O)CC1. The van der Waals surface area contributed by atoms with Crippen molar-refractivity contribution in [2.75, 3.05) is 39.8 Å². The fraction of sp³-hybridized carbons (Fsp3) is 0.733. The van der Waals surface area contributed by atoms with Crippen LogP contribution in [0.1, 0.15) is 25.7 Å². The zero-order chi connectivity index (χ0) is 15.5. The van der Waals surface area contributed by atoms with E-state index in [2.05, 4.69) is 27.1 Å². The number of hydrogen-bond acceptors (Lipinski definition) is 3. The Morgan fingerprint density at radius 1 is 1.38 bits per heavy atom. The molecular formula is C15H29N5O. The van der Waals surface area contributed by atoms with Crippen molar-refractivity contribution in [3.63, 3.8) is 0 Å². The smallest absolute Gasteiger partial charge is 0.220 e. The van der Waals surface area contributed by atoms with E-state index < -0.39 is 0 Å². The summed E-state index contributed by atoms with van der Waals surface area (Å²) >= 11 is 0. The molecule has 1 aliphatic heterocycles. The van der Waals surface area contributed by atoms with Crippen molar-refractivity contribution < 1.29 is 4.79 Å². The van der Waals surface area contributed by atoms with E-state index in [1.54, 1.807) is 7.05 Å². The van der Waals surface area contributed by atoms with Crippen molar-refractivity contribution in [3.8, 4) is 0 Å². The van der Waals surface area contributed by atoms with Crippen LogP contribution in [0.4, 0.5) is 0 Å². The van der Waals surface area contributed by atoms with Gasteiger partial charge in [0.1, 0.15) is 0 Å². The molecule has 0 aliphatic carbocycles. The molecule has 0 aromatic heterocycles. The lowest BCUT2D eigenvalue weighted by Crippen LogP contribution is -2.39. The minimum Gasteiger partial charge on any atom is -0.369 e. The van der Waals surface area contributed by atoms with E-state index >= 15 is 0 Å². The highest BCUT2D eigenvalue weighted by atomic mass is 16.1. The van der Waals surface area contributed by atoms with Crippen LogP contribution < -0.4 is 16.4 Å². The Morgan fingerprint density at radius 2 is 2.10 bits per heavy atom. The number of carbonyl (C=O) groups is 1. The predicted molar refractivity (Wildman–Crippen MR) is 87.2 cm³/mol. The molecule has 4 N–H and O–H groups in total. The standard InChI is InChI=1S/C15H29N5O/c1-3-8-18-15(17-2)19-9-4-5-10-20-11-6-13(7-12-20)14(16)21/h3,13H,1,4-12H2,2H3,(H2,16,21)(H2,17,18,19). The Balaban J connectivity index is 2.04. The summed E-state index contributed by atoms with van der Waals surface area (Å²) in [7, 11) is 1.77. The van der Waals surface area contributed by atoms with Gasteiger partial charge < -0.3 is 21.3 Å². The van der Waals surface area contributed by atoms with E-state index in [0.717, 1.165) is 57.8 Å². The number of nitrogens with zero attached hydrogens (tertiary/aromatic N) is 2. The minimum absolute atomic E-state index is 0.0853. The van der Waals surface area contributed by atoms with Crippen LogP contribution in [0.25, 0.3) is 0 Å². The van der Waals surface area contributed by atoms with Gasteiger partial charge in [-0.3, -0.25) is 9.79 Å². The quantitative estimate of drug-likeness (QED) is 0.261. The summed E-state index contributed by atoms with van der Waals surface area (Å²) in [5.74, 6) is 0.761. The summed E-state index contributed by atoms with van der Waals surface area (Å²) in [6.07, 6.45) is 5.87. The van der Waals surface area contributed by atoms with Gasteiger partial charge in [-0.2, -0.15) is 0 Å². The summed E-state index contributed by atoms with van der Waals surface area (Å²) in [4.78, 5) is 17.7. The zero-order valence-electron chi connectivity index (χ0n) is 13.1. The van der Waals surface area contributed by atoms with Crippen LogP contribution in [0.5, 0.6) is 0 Å². The molecule has 0 aromatic carbocycles. The molecule has 0 spiro atoms. The molecule has 0 radical (unpaired) electrons. The Hall–Kier alpha value is -1.56. The van der Waals surface area contributed by atoms with Crippen LogP contribution in [0.2, 0.25) is 0 Å². The van der Waals surface area contributed by atoms with Crippen molar-refractivity contribution >= 4 is 11.9 Å². The monoisotopic (exact) mass is 295 g/mol. The number of nitrogens with two attached hydrogens (primary N) is 1. The third-order valence-electron chi connectivity index (χ3n) is 3.82. The maximum atomic E-state index is 11.1. The molecule has 0 saturated carbocycles. The second-order valence-electron chi connectivity index (χ2n) is 5.39. The van der Waals surface area contributed by atoms with Gasteiger partial charge in [0.2, 0.25) is 5.91 Å². The molecule has 21 heavy (non-hydrogen) atoms. The first-order valence-electron chi connectivity index (χ1n) is 7.74. The minimum atomic E-state index is -0.141. The van der Waals surface area contributed by atoms with Gasteiger partial charge in [0.25, 0.3) is 0 Å². The first-order chi connectivity index (χ1) is 10.2. The highest BCUT2D eigenvalue weighted by Gasteiger charge is 2.22. The number of amides is 1. The molecule has 1 rings (SSSR count). The molecule has 6 nitrogen and oxygen atoms in total. The number of unbranched alkanes of at least 4 members (excludes halogenated alkanes) is 1. The van der Waals surface area contributed by atoms with Gasteiger partial charge in [-0.25, -0.2) is 0 Å². The van der Waals surface area contributed by atoms with Gasteiger partial charge in [-0.05, 0) is 45.3 Å². The molecule has 0 unspecified atom stereocenters. The van der Waals surface area contributed by atoms with E-state index in [1.807, 2.05) is 6.08 Å². The normalized spacial score (nSPS) is 17.5. The Kier molecular flexibility index (Phi) is 8.50. The molecule has 1 aliphatic rings. The number of hydrogen-bond donors (Lipinski definition) is 3. The molecule has 6 heteroatoms.